The quantitative estimate of drug-likeness (QED) is 0.397. The maximum atomic E-state index is 12.7. The SMILES string of the molecule is CC(C)Cn1cnc2nc(CSc3ccccc3NC(=O)c3ccccc3Cl)cc(=O)n21. The second-order valence-corrected chi connectivity index (χ2v) is 9.10. The summed E-state index contributed by atoms with van der Waals surface area (Å²) in [5, 5.41) is 3.31. The number of carbonyl (C=O) groups excluding carboxylic acids is 1. The second-order valence-electron chi connectivity index (χ2n) is 7.68. The third-order valence-corrected chi connectivity index (χ3v) is 6.11. The highest BCUT2D eigenvalue weighted by molar-refractivity contribution is 7.98. The van der Waals surface area contributed by atoms with Crippen LogP contribution < -0.4 is 10.9 Å². The van der Waals surface area contributed by atoms with Crippen LogP contribution in [0, 0.1) is 5.92 Å². The monoisotopic (exact) mass is 467 g/mol. The Morgan fingerprint density at radius 1 is 1.16 bits per heavy atom. The molecule has 0 atom stereocenters. The van der Waals surface area contributed by atoms with Crippen LogP contribution in [0.1, 0.15) is 29.9 Å². The number of thioether (sulfide) groups is 1. The smallest absolute Gasteiger partial charge is 0.274 e. The molecule has 0 fully saturated rings. The van der Waals surface area contributed by atoms with Crippen molar-refractivity contribution in [3.05, 3.63) is 87.6 Å². The number of hydrogen-bond donors (Lipinski definition) is 1. The molecule has 7 nitrogen and oxygen atoms in total. The zero-order valence-corrected chi connectivity index (χ0v) is 19.2. The largest absolute Gasteiger partial charge is 0.321 e. The zero-order chi connectivity index (χ0) is 22.7. The predicted octanol–water partition coefficient (Wildman–Crippen LogP) is 4.75. The average Bonchev–Trinajstić information content (AvgIpc) is 3.16. The van der Waals surface area contributed by atoms with Gasteiger partial charge in [0.2, 0.25) is 0 Å². The lowest BCUT2D eigenvalue weighted by molar-refractivity contribution is 0.102. The first kappa shape index (κ1) is 22.1. The van der Waals surface area contributed by atoms with Crippen molar-refractivity contribution < 1.29 is 4.79 Å². The van der Waals surface area contributed by atoms with Crippen molar-refractivity contribution in [1.29, 1.82) is 0 Å². The molecule has 1 N–H and O–H groups in total. The number of para-hydroxylation sites is 1. The molecule has 9 heteroatoms. The van der Waals surface area contributed by atoms with Gasteiger partial charge in [-0.3, -0.25) is 14.3 Å². The number of halogens is 1. The Hall–Kier alpha value is -3.10. The highest BCUT2D eigenvalue weighted by atomic mass is 35.5. The molecule has 0 saturated heterocycles. The summed E-state index contributed by atoms with van der Waals surface area (Å²) in [6.45, 7) is 4.85. The number of benzene rings is 2. The Morgan fingerprint density at radius 2 is 1.91 bits per heavy atom. The van der Waals surface area contributed by atoms with E-state index in [1.807, 2.05) is 24.3 Å². The standard InChI is InChI=1S/C23H22ClN5O2S/c1-15(2)12-28-14-25-23-26-16(11-21(30)29(23)28)13-32-20-10-6-5-9-19(20)27-22(31)17-7-3-4-8-18(17)24/h3-11,14-15H,12-13H2,1-2H3,(H,27,31). The second kappa shape index (κ2) is 9.58. The maximum Gasteiger partial charge on any atom is 0.274 e. The highest BCUT2D eigenvalue weighted by Gasteiger charge is 2.14. The van der Waals surface area contributed by atoms with E-state index in [1.54, 1.807) is 35.3 Å². The molecule has 1 amide bonds. The van der Waals surface area contributed by atoms with Crippen LogP contribution in [0.25, 0.3) is 5.78 Å². The molecule has 2 aromatic carbocycles. The van der Waals surface area contributed by atoms with Crippen LogP contribution in [-0.4, -0.2) is 25.1 Å². The molecule has 0 aliphatic rings. The molecule has 0 saturated carbocycles. The van der Waals surface area contributed by atoms with Gasteiger partial charge in [-0.2, -0.15) is 9.50 Å². The van der Waals surface area contributed by atoms with E-state index in [1.165, 1.54) is 22.3 Å². The summed E-state index contributed by atoms with van der Waals surface area (Å²) in [5.41, 5.74) is 1.54. The minimum absolute atomic E-state index is 0.163. The lowest BCUT2D eigenvalue weighted by atomic mass is 10.2. The van der Waals surface area contributed by atoms with E-state index in [2.05, 4.69) is 29.1 Å². The third-order valence-electron chi connectivity index (χ3n) is 4.68. The van der Waals surface area contributed by atoms with Crippen molar-refractivity contribution in [1.82, 2.24) is 19.2 Å². The summed E-state index contributed by atoms with van der Waals surface area (Å²) in [7, 11) is 0. The summed E-state index contributed by atoms with van der Waals surface area (Å²) < 4.78 is 3.28. The van der Waals surface area contributed by atoms with E-state index in [-0.39, 0.29) is 11.5 Å². The zero-order valence-electron chi connectivity index (χ0n) is 17.7. The molecule has 0 aliphatic heterocycles. The molecule has 4 rings (SSSR count). The number of nitrogens with zero attached hydrogens (tertiary/aromatic N) is 4. The van der Waals surface area contributed by atoms with Crippen LogP contribution in [0.2, 0.25) is 5.02 Å². The van der Waals surface area contributed by atoms with Crippen molar-refractivity contribution in [3.63, 3.8) is 0 Å². The van der Waals surface area contributed by atoms with Crippen LogP contribution in [0.5, 0.6) is 0 Å². The molecular weight excluding hydrogens is 446 g/mol. The fourth-order valence-electron chi connectivity index (χ4n) is 3.26. The first-order valence-corrected chi connectivity index (χ1v) is 11.5. The number of hydrogen-bond acceptors (Lipinski definition) is 5. The minimum atomic E-state index is -0.280. The van der Waals surface area contributed by atoms with Crippen LogP contribution in [0.15, 0.2) is 70.6 Å². The van der Waals surface area contributed by atoms with E-state index in [4.69, 9.17) is 11.6 Å². The summed E-state index contributed by atoms with van der Waals surface area (Å²) in [6.07, 6.45) is 1.64. The number of carbonyl (C=O) groups is 1. The maximum absolute atomic E-state index is 12.7. The molecule has 0 spiro atoms. The average molecular weight is 468 g/mol. The first-order valence-electron chi connectivity index (χ1n) is 10.1. The predicted molar refractivity (Wildman–Crippen MR) is 127 cm³/mol. The van der Waals surface area contributed by atoms with Crippen molar-refractivity contribution in [2.45, 2.75) is 31.0 Å². The van der Waals surface area contributed by atoms with Gasteiger partial charge in [-0.25, -0.2) is 4.98 Å². The number of amides is 1. The first-order chi connectivity index (χ1) is 15.4. The summed E-state index contributed by atoms with van der Waals surface area (Å²) in [5.74, 6) is 0.945. The van der Waals surface area contributed by atoms with E-state index >= 15 is 0 Å². The molecule has 0 aliphatic carbocycles. The fraction of sp³-hybridized carbons (Fsp3) is 0.217. The van der Waals surface area contributed by atoms with Gasteiger partial charge in [-0.15, -0.1) is 11.8 Å². The number of nitrogens with one attached hydrogen (secondary N) is 1. The molecule has 164 valence electrons. The Kier molecular flexibility index (Phi) is 6.62. The van der Waals surface area contributed by atoms with Crippen molar-refractivity contribution in [3.8, 4) is 0 Å². The van der Waals surface area contributed by atoms with E-state index in [9.17, 15) is 9.59 Å². The molecule has 4 aromatic rings. The lowest BCUT2D eigenvalue weighted by Crippen LogP contribution is -2.22. The molecule has 2 heterocycles. The van der Waals surface area contributed by atoms with Gasteiger partial charge in [0.15, 0.2) is 0 Å². The van der Waals surface area contributed by atoms with Gasteiger partial charge < -0.3 is 5.32 Å². The summed E-state index contributed by atoms with van der Waals surface area (Å²) >= 11 is 7.63. The van der Waals surface area contributed by atoms with Gasteiger partial charge in [0.1, 0.15) is 6.33 Å². The highest BCUT2D eigenvalue weighted by Crippen LogP contribution is 2.30. The van der Waals surface area contributed by atoms with Crippen LogP contribution in [0.3, 0.4) is 0 Å². The van der Waals surface area contributed by atoms with Gasteiger partial charge in [-0.1, -0.05) is 49.7 Å². The number of fused-ring (bicyclic) bond motifs is 1. The Balaban J connectivity index is 1.52. The molecule has 0 unspecified atom stereocenters. The van der Waals surface area contributed by atoms with E-state index < -0.39 is 0 Å². The number of rotatable bonds is 7. The third kappa shape index (κ3) is 4.87. The van der Waals surface area contributed by atoms with Crippen LogP contribution >= 0.6 is 23.4 Å². The van der Waals surface area contributed by atoms with Gasteiger partial charge >= 0.3 is 0 Å². The summed E-state index contributed by atoms with van der Waals surface area (Å²) in [4.78, 5) is 35.0. The molecule has 32 heavy (non-hydrogen) atoms. The van der Waals surface area contributed by atoms with Gasteiger partial charge in [0.05, 0.1) is 22.0 Å². The molecule has 0 radical (unpaired) electrons. The lowest BCUT2D eigenvalue weighted by Gasteiger charge is -2.11. The van der Waals surface area contributed by atoms with Crippen molar-refractivity contribution in [2.75, 3.05) is 5.32 Å². The van der Waals surface area contributed by atoms with Crippen molar-refractivity contribution in [2.24, 2.45) is 5.92 Å². The Labute approximate surface area is 194 Å². The Morgan fingerprint density at radius 3 is 2.69 bits per heavy atom. The minimum Gasteiger partial charge on any atom is -0.321 e. The van der Waals surface area contributed by atoms with Crippen molar-refractivity contribution >= 4 is 40.7 Å². The molecular formula is C23H22ClN5O2S. The normalized spacial score (nSPS) is 11.2. The van der Waals surface area contributed by atoms with Crippen LogP contribution in [-0.2, 0) is 12.3 Å². The van der Waals surface area contributed by atoms with E-state index in [0.29, 0.717) is 46.0 Å². The summed E-state index contributed by atoms with van der Waals surface area (Å²) in [6, 6.07) is 15.9. The molecule has 2 aromatic heterocycles. The van der Waals surface area contributed by atoms with Gasteiger partial charge in [-0.05, 0) is 30.2 Å². The van der Waals surface area contributed by atoms with Gasteiger partial charge in [0.25, 0.3) is 17.2 Å². The molecule has 0 bridgehead atoms. The Bertz CT molecular complexity index is 1330. The number of aromatic nitrogens is 4. The van der Waals surface area contributed by atoms with Gasteiger partial charge in [0, 0.05) is 23.3 Å². The topological polar surface area (TPSA) is 81.3 Å². The van der Waals surface area contributed by atoms with E-state index in [0.717, 1.165) is 4.90 Å². The fourth-order valence-corrected chi connectivity index (χ4v) is 4.39. The van der Waals surface area contributed by atoms with Crippen LogP contribution in [0.4, 0.5) is 5.69 Å². The number of anilines is 1.